The summed E-state index contributed by atoms with van der Waals surface area (Å²) in [5, 5.41) is 2.54. The topological polar surface area (TPSA) is 145 Å². The average Bonchev–Trinajstić information content (AvgIpc) is 3.54. The zero-order valence-electron chi connectivity index (χ0n) is 22.3. The molecule has 208 valence electrons. The molecular weight excluding hydrogens is 508 g/mol. The van der Waals surface area contributed by atoms with Gasteiger partial charge in [0.15, 0.2) is 23.0 Å². The lowest BCUT2D eigenvalue weighted by Gasteiger charge is -2.34. The molecule has 3 N–H and O–H groups in total. The van der Waals surface area contributed by atoms with Crippen LogP contribution in [0.25, 0.3) is 0 Å². The van der Waals surface area contributed by atoms with Gasteiger partial charge in [-0.1, -0.05) is 20.3 Å². The number of nitrogens with two attached hydrogens (primary N) is 1. The monoisotopic (exact) mass is 540 g/mol. The minimum absolute atomic E-state index is 0.0136. The molecule has 2 aromatic carbocycles. The second kappa shape index (κ2) is 10.5. The summed E-state index contributed by atoms with van der Waals surface area (Å²) >= 11 is 0. The largest absolute Gasteiger partial charge is 0.493 e. The van der Waals surface area contributed by atoms with Crippen LogP contribution in [0.2, 0.25) is 0 Å². The summed E-state index contributed by atoms with van der Waals surface area (Å²) in [5.74, 6) is -0.198. The van der Waals surface area contributed by atoms with Gasteiger partial charge in [-0.15, -0.1) is 0 Å². The van der Waals surface area contributed by atoms with Gasteiger partial charge in [0.05, 0.1) is 26.7 Å². The number of ether oxygens (including phenoxy) is 6. The summed E-state index contributed by atoms with van der Waals surface area (Å²) in [6.45, 7) is 4.17. The van der Waals surface area contributed by atoms with Gasteiger partial charge in [0, 0.05) is 11.8 Å². The lowest BCUT2D eigenvalue weighted by molar-refractivity contribution is -0.141. The molecule has 5 rings (SSSR count). The Bertz CT molecular complexity index is 1290. The van der Waals surface area contributed by atoms with Gasteiger partial charge in [-0.3, -0.25) is 9.59 Å². The Balaban J connectivity index is 1.53. The lowest BCUT2D eigenvalue weighted by atomic mass is 9.67. The molecule has 5 atom stereocenters. The minimum atomic E-state index is -0.907. The zero-order valence-corrected chi connectivity index (χ0v) is 22.3. The summed E-state index contributed by atoms with van der Waals surface area (Å²) in [7, 11) is 2.88. The zero-order chi connectivity index (χ0) is 27.8. The Morgan fingerprint density at radius 1 is 1.08 bits per heavy atom. The van der Waals surface area contributed by atoms with E-state index in [1.165, 1.54) is 14.2 Å². The quantitative estimate of drug-likeness (QED) is 0.483. The SMILES string of the molecule is CC[C@H](C)[C@H](NC(=O)Oc1c(OC)cc([C@@H]2c3cc4c(cc3C[C@H]3COC(=O)[C@@H]32)OCO4)cc1OC)C(N)=O. The van der Waals surface area contributed by atoms with Crippen molar-refractivity contribution >= 4 is 18.0 Å². The lowest BCUT2D eigenvalue weighted by Crippen LogP contribution is -2.49. The summed E-state index contributed by atoms with van der Waals surface area (Å²) in [6, 6.07) is 6.42. The number of fused-ring (bicyclic) bond motifs is 3. The van der Waals surface area contributed by atoms with Crippen molar-refractivity contribution in [3.63, 3.8) is 0 Å². The number of rotatable bonds is 8. The Kier molecular flexibility index (Phi) is 7.16. The number of cyclic esters (lactones) is 1. The molecule has 1 fully saturated rings. The Labute approximate surface area is 225 Å². The van der Waals surface area contributed by atoms with Crippen molar-refractivity contribution in [2.24, 2.45) is 23.5 Å². The van der Waals surface area contributed by atoms with Crippen LogP contribution >= 0.6 is 0 Å². The highest BCUT2D eigenvalue weighted by molar-refractivity contribution is 5.85. The van der Waals surface area contributed by atoms with Crippen LogP contribution in [0.15, 0.2) is 24.3 Å². The number of benzene rings is 2. The Hall–Kier alpha value is -4.15. The van der Waals surface area contributed by atoms with Crippen molar-refractivity contribution in [3.05, 3.63) is 41.0 Å². The molecule has 2 heterocycles. The highest BCUT2D eigenvalue weighted by atomic mass is 16.7. The van der Waals surface area contributed by atoms with Crippen LogP contribution in [0.4, 0.5) is 4.79 Å². The fraction of sp³-hybridized carbons (Fsp3) is 0.464. The molecule has 2 aliphatic heterocycles. The van der Waals surface area contributed by atoms with E-state index < -0.39 is 29.9 Å². The molecule has 11 nitrogen and oxygen atoms in total. The number of esters is 1. The highest BCUT2D eigenvalue weighted by Crippen LogP contribution is 2.52. The number of nitrogens with one attached hydrogen (secondary N) is 1. The van der Waals surface area contributed by atoms with Gasteiger partial charge in [-0.05, 0) is 53.3 Å². The van der Waals surface area contributed by atoms with Crippen LogP contribution in [0.1, 0.15) is 42.9 Å². The molecule has 0 radical (unpaired) electrons. The molecule has 39 heavy (non-hydrogen) atoms. The van der Waals surface area contributed by atoms with E-state index in [1.54, 1.807) is 12.1 Å². The third-order valence-electron chi connectivity index (χ3n) is 7.86. The van der Waals surface area contributed by atoms with E-state index in [2.05, 4.69) is 5.32 Å². The molecule has 0 spiro atoms. The van der Waals surface area contributed by atoms with Gasteiger partial charge in [0.25, 0.3) is 0 Å². The molecule has 1 saturated heterocycles. The van der Waals surface area contributed by atoms with E-state index in [4.69, 9.17) is 34.2 Å². The second-order valence-electron chi connectivity index (χ2n) is 10.1. The number of amides is 2. The first-order valence-electron chi connectivity index (χ1n) is 12.9. The van der Waals surface area contributed by atoms with E-state index >= 15 is 0 Å². The third kappa shape index (κ3) is 4.77. The smallest absolute Gasteiger partial charge is 0.413 e. The first kappa shape index (κ1) is 26.5. The van der Waals surface area contributed by atoms with Gasteiger partial charge in [0.1, 0.15) is 6.04 Å². The van der Waals surface area contributed by atoms with Crippen LogP contribution in [0.5, 0.6) is 28.7 Å². The number of primary amides is 1. The van der Waals surface area contributed by atoms with Crippen molar-refractivity contribution in [1.29, 1.82) is 0 Å². The van der Waals surface area contributed by atoms with Crippen molar-refractivity contribution in [1.82, 2.24) is 5.32 Å². The molecular formula is C28H32N2O9. The number of hydrogen-bond acceptors (Lipinski definition) is 9. The first-order valence-corrected chi connectivity index (χ1v) is 12.9. The van der Waals surface area contributed by atoms with Crippen LogP contribution in [0.3, 0.4) is 0 Å². The van der Waals surface area contributed by atoms with Crippen molar-refractivity contribution in [2.45, 2.75) is 38.6 Å². The maximum atomic E-state index is 12.9. The van der Waals surface area contributed by atoms with Crippen molar-refractivity contribution < 1.29 is 42.8 Å². The van der Waals surface area contributed by atoms with Crippen LogP contribution in [-0.4, -0.2) is 51.6 Å². The first-order chi connectivity index (χ1) is 18.7. The molecule has 1 aliphatic carbocycles. The van der Waals surface area contributed by atoms with E-state index in [1.807, 2.05) is 26.0 Å². The number of hydrogen-bond donors (Lipinski definition) is 2. The molecule has 11 heteroatoms. The van der Waals surface area contributed by atoms with Gasteiger partial charge >= 0.3 is 12.1 Å². The molecule has 0 bridgehead atoms. The van der Waals surface area contributed by atoms with Gasteiger partial charge < -0.3 is 39.5 Å². The normalized spacial score (nSPS) is 22.2. The highest BCUT2D eigenvalue weighted by Gasteiger charge is 2.48. The minimum Gasteiger partial charge on any atom is -0.493 e. The molecule has 2 aromatic rings. The van der Waals surface area contributed by atoms with Crippen LogP contribution in [0, 0.1) is 17.8 Å². The van der Waals surface area contributed by atoms with Crippen molar-refractivity contribution in [2.75, 3.05) is 27.6 Å². The predicted octanol–water partition coefficient (Wildman–Crippen LogP) is 2.90. The van der Waals surface area contributed by atoms with Gasteiger partial charge in [0.2, 0.25) is 18.4 Å². The summed E-state index contributed by atoms with van der Waals surface area (Å²) in [5.41, 5.74) is 8.17. The van der Waals surface area contributed by atoms with Crippen molar-refractivity contribution in [3.8, 4) is 28.7 Å². The number of methoxy groups -OCH3 is 2. The predicted molar refractivity (Wildman–Crippen MR) is 137 cm³/mol. The fourth-order valence-corrected chi connectivity index (χ4v) is 5.66. The molecule has 0 unspecified atom stereocenters. The maximum Gasteiger partial charge on any atom is 0.413 e. The maximum absolute atomic E-state index is 12.9. The van der Waals surface area contributed by atoms with E-state index in [0.29, 0.717) is 30.9 Å². The average molecular weight is 541 g/mol. The standard InChI is InChI=1S/C28H32N2O9/c1-5-13(2)24(26(29)31)30-28(33)39-25-20(34-3)8-15(9-21(25)35-4)22-17-10-19-18(37-12-38-19)7-14(17)6-16-11-36-27(32)23(16)22/h7-10,13,16,22-24H,5-6,11-12H2,1-4H3,(H2,29,31)(H,30,33)/t13-,16-,22+,23-,24-/m0/s1. The molecule has 0 aromatic heterocycles. The van der Waals surface area contributed by atoms with Crippen LogP contribution < -0.4 is 34.7 Å². The fourth-order valence-electron chi connectivity index (χ4n) is 5.66. The van der Waals surface area contributed by atoms with E-state index in [0.717, 1.165) is 16.7 Å². The van der Waals surface area contributed by atoms with Gasteiger partial charge in [-0.2, -0.15) is 0 Å². The Morgan fingerprint density at radius 3 is 2.36 bits per heavy atom. The van der Waals surface area contributed by atoms with Crippen LogP contribution in [-0.2, 0) is 20.7 Å². The summed E-state index contributed by atoms with van der Waals surface area (Å²) < 4.78 is 33.5. The number of carbonyl (C=O) groups excluding carboxylic acids is 3. The Morgan fingerprint density at radius 2 is 1.74 bits per heavy atom. The third-order valence-corrected chi connectivity index (χ3v) is 7.86. The molecule has 0 saturated carbocycles. The molecule has 3 aliphatic rings. The summed E-state index contributed by atoms with van der Waals surface area (Å²) in [6.07, 6.45) is 0.424. The summed E-state index contributed by atoms with van der Waals surface area (Å²) in [4.78, 5) is 37.6. The van der Waals surface area contributed by atoms with Gasteiger partial charge in [-0.25, -0.2) is 4.79 Å². The second-order valence-corrected chi connectivity index (χ2v) is 10.1. The molecule has 2 amide bonds. The van der Waals surface area contributed by atoms with E-state index in [9.17, 15) is 14.4 Å². The number of carbonyl (C=O) groups is 3. The van der Waals surface area contributed by atoms with E-state index in [-0.39, 0.29) is 41.8 Å².